The average molecular weight is 415 g/mol. The quantitative estimate of drug-likeness (QED) is 0.642. The summed E-state index contributed by atoms with van der Waals surface area (Å²) < 4.78 is 0. The minimum Gasteiger partial charge on any atom is -0.550 e. The molecule has 0 radical (unpaired) electrons. The van der Waals surface area contributed by atoms with Crippen LogP contribution in [0.5, 0.6) is 0 Å². The molecule has 0 spiro atoms. The number of rotatable bonds is 4. The maximum absolute atomic E-state index is 11.5. The van der Waals surface area contributed by atoms with E-state index in [1.54, 1.807) is 0 Å². The average Bonchev–Trinajstić information content (AvgIpc) is 3.00. The molecule has 2 unspecified atom stereocenters. The number of carbonyl (C=O) groups excluding carboxylic acids is 1. The van der Waals surface area contributed by atoms with E-state index in [9.17, 15) is 20.1 Å². The summed E-state index contributed by atoms with van der Waals surface area (Å²) in [5.41, 5.74) is 0.188. The maximum Gasteiger partial charge on any atom is 1.00 e. The smallest absolute Gasteiger partial charge is 0.550 e. The molecule has 4 fully saturated rings. The third-order valence-electron chi connectivity index (χ3n) is 10.3. The summed E-state index contributed by atoms with van der Waals surface area (Å²) in [5.74, 6) is 2.19. The van der Waals surface area contributed by atoms with Crippen LogP contribution in [-0.2, 0) is 4.79 Å². The van der Waals surface area contributed by atoms with Gasteiger partial charge in [-0.15, -0.1) is 0 Å². The molecular formula is C24H39NaO4. The maximum atomic E-state index is 11.5. The molecule has 5 heteroatoms. The van der Waals surface area contributed by atoms with Crippen LogP contribution in [0.25, 0.3) is 0 Å². The van der Waals surface area contributed by atoms with Crippen molar-refractivity contribution in [2.24, 2.45) is 46.3 Å². The van der Waals surface area contributed by atoms with Gasteiger partial charge in [0, 0.05) is 5.97 Å². The van der Waals surface area contributed by atoms with Crippen LogP contribution in [0.4, 0.5) is 0 Å². The molecule has 4 aliphatic carbocycles. The number of carboxylic acids is 1. The molecule has 4 saturated carbocycles. The van der Waals surface area contributed by atoms with Crippen LogP contribution in [0, 0.1) is 46.3 Å². The predicted molar refractivity (Wildman–Crippen MR) is 106 cm³/mol. The normalized spacial score (nSPS) is 49.9. The number of carbonyl (C=O) groups is 1. The van der Waals surface area contributed by atoms with Gasteiger partial charge in [-0.05, 0) is 111 Å². The van der Waals surface area contributed by atoms with E-state index in [4.69, 9.17) is 0 Å². The molecule has 4 nitrogen and oxygen atoms in total. The third-order valence-corrected chi connectivity index (χ3v) is 10.3. The van der Waals surface area contributed by atoms with Crippen LogP contribution in [0.1, 0.15) is 85.0 Å². The molecule has 10 atom stereocenters. The molecule has 0 amide bonds. The summed E-state index contributed by atoms with van der Waals surface area (Å²) in [6, 6.07) is 0. The Balaban J connectivity index is 0.00000240. The van der Waals surface area contributed by atoms with Crippen LogP contribution in [0.2, 0.25) is 0 Å². The number of carboxylic acid groups (broad SMARTS) is 1. The van der Waals surface area contributed by atoms with Gasteiger partial charge in [0.15, 0.2) is 0 Å². The van der Waals surface area contributed by atoms with Gasteiger partial charge in [0.05, 0.1) is 12.2 Å². The summed E-state index contributed by atoms with van der Waals surface area (Å²) in [4.78, 5) is 10.9. The van der Waals surface area contributed by atoms with Crippen molar-refractivity contribution in [2.75, 3.05) is 0 Å². The van der Waals surface area contributed by atoms with Crippen molar-refractivity contribution in [3.8, 4) is 0 Å². The van der Waals surface area contributed by atoms with Crippen LogP contribution in [-0.4, -0.2) is 28.4 Å². The standard InChI is InChI=1S/C24H40O4.Na/c1-14(4-9-22(27)28)18-7-8-19-17-6-5-15-12-16(25)10-11-23(15,2)20(17)13-21(26)24(18,19)3;/h14-21,25-26H,4-13H2,1-3H3,(H,27,28);/q;+1/p-1/t14-,15-,16-,17?,18-,19+,20?,21+,23+,24-;/m1./s1. The molecule has 0 heterocycles. The number of aliphatic hydroxyl groups is 2. The molecule has 0 aliphatic heterocycles. The Morgan fingerprint density at radius 3 is 2.48 bits per heavy atom. The second-order valence-corrected chi connectivity index (χ2v) is 11.3. The van der Waals surface area contributed by atoms with Crippen molar-refractivity contribution in [3.05, 3.63) is 0 Å². The van der Waals surface area contributed by atoms with Gasteiger partial charge in [0.25, 0.3) is 0 Å². The number of fused-ring (bicyclic) bond motifs is 5. The third kappa shape index (κ3) is 3.88. The molecule has 2 N–H and O–H groups in total. The Morgan fingerprint density at radius 2 is 1.79 bits per heavy atom. The predicted octanol–water partition coefficient (Wildman–Crippen LogP) is 0.147. The zero-order valence-electron chi connectivity index (χ0n) is 18.9. The van der Waals surface area contributed by atoms with E-state index in [-0.39, 0.29) is 59.0 Å². The minimum atomic E-state index is -0.957. The van der Waals surface area contributed by atoms with Gasteiger partial charge >= 0.3 is 29.6 Å². The summed E-state index contributed by atoms with van der Waals surface area (Å²) in [7, 11) is 0. The fourth-order valence-corrected chi connectivity index (χ4v) is 8.71. The van der Waals surface area contributed by atoms with E-state index in [1.807, 2.05) is 0 Å². The molecule has 4 aliphatic rings. The molecular weight excluding hydrogens is 375 g/mol. The largest absolute Gasteiger partial charge is 1.00 e. The first kappa shape index (κ1) is 24.0. The molecule has 0 aromatic heterocycles. The van der Waals surface area contributed by atoms with Crippen molar-refractivity contribution in [1.29, 1.82) is 0 Å². The van der Waals surface area contributed by atoms with Crippen molar-refractivity contribution < 1.29 is 49.7 Å². The fourth-order valence-electron chi connectivity index (χ4n) is 8.71. The van der Waals surface area contributed by atoms with Gasteiger partial charge < -0.3 is 20.1 Å². The SMILES string of the molecule is C[C@H](CCC(=O)[O-])[C@H]1CC[C@H]2C3CC[C@@H]4C[C@H](O)CC[C@]4(C)C3C[C@H](O)[C@]12C.[Na+]. The topological polar surface area (TPSA) is 80.6 Å². The first-order chi connectivity index (χ1) is 13.2. The second-order valence-electron chi connectivity index (χ2n) is 11.3. The Labute approximate surface area is 198 Å². The van der Waals surface area contributed by atoms with Gasteiger partial charge in [-0.1, -0.05) is 20.8 Å². The Morgan fingerprint density at radius 1 is 1.07 bits per heavy atom. The van der Waals surface area contributed by atoms with Crippen LogP contribution in [0.15, 0.2) is 0 Å². The summed E-state index contributed by atoms with van der Waals surface area (Å²) in [6.45, 7) is 6.94. The minimum absolute atomic E-state index is 0. The van der Waals surface area contributed by atoms with E-state index >= 15 is 0 Å². The number of aliphatic carboxylic acids is 1. The van der Waals surface area contributed by atoms with Crippen molar-refractivity contribution in [3.63, 3.8) is 0 Å². The summed E-state index contributed by atoms with van der Waals surface area (Å²) in [5, 5.41) is 32.6. The van der Waals surface area contributed by atoms with Crippen LogP contribution < -0.4 is 34.7 Å². The van der Waals surface area contributed by atoms with E-state index in [0.29, 0.717) is 41.9 Å². The number of hydrogen-bond donors (Lipinski definition) is 2. The Hall–Kier alpha value is 0.390. The van der Waals surface area contributed by atoms with E-state index in [1.165, 1.54) is 19.3 Å². The number of aliphatic hydroxyl groups excluding tert-OH is 2. The van der Waals surface area contributed by atoms with Gasteiger partial charge in [-0.25, -0.2) is 0 Å². The molecule has 4 rings (SSSR count). The van der Waals surface area contributed by atoms with Crippen molar-refractivity contribution in [2.45, 2.75) is 97.2 Å². The zero-order valence-corrected chi connectivity index (χ0v) is 20.9. The monoisotopic (exact) mass is 414 g/mol. The Kier molecular flexibility index (Phi) is 7.24. The van der Waals surface area contributed by atoms with Gasteiger partial charge in [0.1, 0.15) is 0 Å². The van der Waals surface area contributed by atoms with Gasteiger partial charge in [-0.2, -0.15) is 0 Å². The molecule has 0 aromatic rings. The molecule has 29 heavy (non-hydrogen) atoms. The number of hydrogen-bond acceptors (Lipinski definition) is 4. The fraction of sp³-hybridized carbons (Fsp3) is 0.958. The molecule has 0 bridgehead atoms. The van der Waals surface area contributed by atoms with Crippen LogP contribution >= 0.6 is 0 Å². The van der Waals surface area contributed by atoms with Gasteiger partial charge in [-0.3, -0.25) is 0 Å². The van der Waals surface area contributed by atoms with Crippen molar-refractivity contribution in [1.82, 2.24) is 0 Å². The second kappa shape index (κ2) is 8.73. The van der Waals surface area contributed by atoms with E-state index in [2.05, 4.69) is 20.8 Å². The summed E-state index contributed by atoms with van der Waals surface area (Å²) >= 11 is 0. The molecule has 0 aromatic carbocycles. The summed E-state index contributed by atoms with van der Waals surface area (Å²) in [6.07, 6.45) is 8.98. The van der Waals surface area contributed by atoms with Crippen molar-refractivity contribution >= 4 is 5.97 Å². The first-order valence-corrected chi connectivity index (χ1v) is 11.7. The van der Waals surface area contributed by atoms with Gasteiger partial charge in [0.2, 0.25) is 0 Å². The zero-order chi connectivity index (χ0) is 20.3. The first-order valence-electron chi connectivity index (χ1n) is 11.7. The van der Waals surface area contributed by atoms with Crippen LogP contribution in [0.3, 0.4) is 0 Å². The Bertz CT molecular complexity index is 612. The van der Waals surface area contributed by atoms with E-state index in [0.717, 1.165) is 32.1 Å². The molecule has 160 valence electrons. The van der Waals surface area contributed by atoms with E-state index < -0.39 is 5.97 Å². The molecule has 0 saturated heterocycles.